The molecule has 2 aliphatic carbocycles. The fourth-order valence-electron chi connectivity index (χ4n) is 9.90. The van der Waals surface area contributed by atoms with Gasteiger partial charge in [0.25, 0.3) is 0 Å². The maximum Gasteiger partial charge on any atom is 0.208 e. The molecule has 0 saturated heterocycles. The molecule has 5 heteroatoms. The van der Waals surface area contributed by atoms with Crippen LogP contribution in [0.4, 0.5) is 0 Å². The van der Waals surface area contributed by atoms with Crippen molar-refractivity contribution in [3.05, 3.63) is 216 Å². The maximum atomic E-state index is 14.8. The lowest BCUT2D eigenvalue weighted by Gasteiger charge is -2.35. The predicted molar refractivity (Wildman–Crippen MR) is 231 cm³/mol. The van der Waals surface area contributed by atoms with Gasteiger partial charge >= 0.3 is 0 Å². The van der Waals surface area contributed by atoms with Crippen LogP contribution in [0, 0.1) is 0 Å². The first kappa shape index (κ1) is 33.0. The zero-order valence-electron chi connectivity index (χ0n) is 31.1. The summed E-state index contributed by atoms with van der Waals surface area (Å²) in [6, 6.07) is 66.5. The van der Waals surface area contributed by atoms with Crippen LogP contribution in [-0.4, -0.2) is 18.4 Å². The molecule has 1 aromatic heterocycles. The highest BCUT2D eigenvalue weighted by molar-refractivity contribution is 7.92. The molecule has 0 saturated carbocycles. The van der Waals surface area contributed by atoms with Crippen molar-refractivity contribution < 1.29 is 8.42 Å². The van der Waals surface area contributed by atoms with Gasteiger partial charge in [-0.1, -0.05) is 176 Å². The Morgan fingerprint density at radius 2 is 0.862 bits per heavy atom. The Balaban J connectivity index is 1.21. The number of hydrogen-bond donors (Lipinski definition) is 0. The Hall–Kier alpha value is -7.21. The molecule has 1 spiro atoms. The normalized spacial score (nSPS) is 15.9. The van der Waals surface area contributed by atoms with Crippen molar-refractivity contribution in [2.24, 2.45) is 0 Å². The molecule has 0 fully saturated rings. The largest absolute Gasteiger partial charge is 0.228 e. The van der Waals surface area contributed by atoms with Crippen molar-refractivity contribution >= 4 is 9.84 Å². The van der Waals surface area contributed by atoms with Crippen LogP contribution >= 0.6 is 0 Å². The lowest BCUT2D eigenvalue weighted by molar-refractivity contribution is 0.599. The lowest BCUT2D eigenvalue weighted by Crippen LogP contribution is -2.29. The van der Waals surface area contributed by atoms with E-state index in [1.807, 2.05) is 66.7 Å². The van der Waals surface area contributed by atoms with Gasteiger partial charge < -0.3 is 0 Å². The SMILES string of the molecule is O=S1(=O)c2ccccc2-c2ccc3c(c21)-c1ccccc1C31c2ccccc2-c2ccccc2-c2ccc(-c3nc(-c4ccccc4)cc(-c4ccccc4)n3)cc21. The monoisotopic (exact) mass is 760 g/mol. The molecule has 1 aliphatic heterocycles. The molecule has 2 heterocycles. The number of fused-ring (bicyclic) bond motifs is 16. The van der Waals surface area contributed by atoms with Gasteiger partial charge in [-0.3, -0.25) is 0 Å². The minimum atomic E-state index is -3.84. The summed E-state index contributed by atoms with van der Waals surface area (Å²) in [5, 5.41) is 0. The molecule has 12 rings (SSSR count). The summed E-state index contributed by atoms with van der Waals surface area (Å²) in [6.45, 7) is 0. The fraction of sp³-hybridized carbons (Fsp3) is 0.0189. The van der Waals surface area contributed by atoms with E-state index < -0.39 is 15.3 Å². The van der Waals surface area contributed by atoms with Crippen molar-refractivity contribution in [1.82, 2.24) is 9.97 Å². The molecule has 1 atom stereocenters. The lowest BCUT2D eigenvalue weighted by atomic mass is 9.65. The van der Waals surface area contributed by atoms with Gasteiger partial charge in [0, 0.05) is 33.4 Å². The minimum absolute atomic E-state index is 0.359. The molecule has 0 bridgehead atoms. The first-order valence-corrected chi connectivity index (χ1v) is 21.0. The van der Waals surface area contributed by atoms with Crippen LogP contribution < -0.4 is 0 Å². The molecule has 0 radical (unpaired) electrons. The smallest absolute Gasteiger partial charge is 0.208 e. The van der Waals surface area contributed by atoms with Gasteiger partial charge in [-0.25, -0.2) is 18.4 Å². The van der Waals surface area contributed by atoms with Crippen molar-refractivity contribution in [3.63, 3.8) is 0 Å². The Kier molecular flexibility index (Phi) is 6.91. The van der Waals surface area contributed by atoms with Crippen molar-refractivity contribution in [2.75, 3.05) is 0 Å². The molecule has 3 aliphatic rings. The Morgan fingerprint density at radius 1 is 0.362 bits per heavy atom. The van der Waals surface area contributed by atoms with Crippen LogP contribution in [0.3, 0.4) is 0 Å². The summed E-state index contributed by atoms with van der Waals surface area (Å²) in [6.07, 6.45) is 0. The second kappa shape index (κ2) is 12.1. The highest BCUT2D eigenvalue weighted by Gasteiger charge is 2.52. The van der Waals surface area contributed by atoms with E-state index >= 15 is 0 Å². The zero-order valence-corrected chi connectivity index (χ0v) is 31.9. The van der Waals surface area contributed by atoms with Gasteiger partial charge in [0.2, 0.25) is 9.84 Å². The first-order chi connectivity index (χ1) is 28.5. The van der Waals surface area contributed by atoms with Gasteiger partial charge in [-0.15, -0.1) is 0 Å². The van der Waals surface area contributed by atoms with Crippen LogP contribution in [0.1, 0.15) is 22.3 Å². The number of nitrogens with zero attached hydrogens (tertiary/aromatic N) is 2. The van der Waals surface area contributed by atoms with Crippen LogP contribution in [-0.2, 0) is 15.3 Å². The van der Waals surface area contributed by atoms with Gasteiger partial charge in [0.1, 0.15) is 0 Å². The quantitative estimate of drug-likeness (QED) is 0.180. The number of sulfone groups is 1. The second-order valence-corrected chi connectivity index (χ2v) is 17.1. The van der Waals surface area contributed by atoms with Crippen molar-refractivity contribution in [2.45, 2.75) is 15.2 Å². The molecular formula is C53H32N2O2S. The molecule has 272 valence electrons. The molecule has 9 aromatic rings. The van der Waals surface area contributed by atoms with Gasteiger partial charge in [-0.2, -0.15) is 0 Å². The van der Waals surface area contributed by atoms with E-state index in [2.05, 4.69) is 121 Å². The highest BCUT2D eigenvalue weighted by atomic mass is 32.2. The fourth-order valence-corrected chi connectivity index (χ4v) is 11.8. The summed E-state index contributed by atoms with van der Waals surface area (Å²) >= 11 is 0. The van der Waals surface area contributed by atoms with E-state index in [0.717, 1.165) is 94.8 Å². The van der Waals surface area contributed by atoms with Crippen molar-refractivity contribution in [3.8, 4) is 78.4 Å². The third-order valence-corrected chi connectivity index (χ3v) is 14.2. The number of benzene rings is 8. The first-order valence-electron chi connectivity index (χ1n) is 19.5. The summed E-state index contributed by atoms with van der Waals surface area (Å²) < 4.78 is 29.5. The summed E-state index contributed by atoms with van der Waals surface area (Å²) in [5.41, 5.74) is 15.4. The molecular weight excluding hydrogens is 729 g/mol. The number of aromatic nitrogens is 2. The van der Waals surface area contributed by atoms with E-state index in [1.54, 1.807) is 6.07 Å². The highest BCUT2D eigenvalue weighted by Crippen LogP contribution is 2.64. The van der Waals surface area contributed by atoms with Crippen LogP contribution in [0.5, 0.6) is 0 Å². The topological polar surface area (TPSA) is 59.9 Å². The van der Waals surface area contributed by atoms with E-state index in [0.29, 0.717) is 15.6 Å². The number of hydrogen-bond acceptors (Lipinski definition) is 4. The van der Waals surface area contributed by atoms with Crippen LogP contribution in [0.2, 0.25) is 0 Å². The molecule has 8 aromatic carbocycles. The third-order valence-electron chi connectivity index (χ3n) is 12.3. The minimum Gasteiger partial charge on any atom is -0.228 e. The van der Waals surface area contributed by atoms with Crippen LogP contribution in [0.25, 0.3) is 78.4 Å². The van der Waals surface area contributed by atoms with Gasteiger partial charge in [-0.05, 0) is 68.3 Å². The molecule has 0 amide bonds. The summed E-state index contributed by atoms with van der Waals surface area (Å²) in [5.74, 6) is 0.613. The maximum absolute atomic E-state index is 14.8. The molecule has 4 nitrogen and oxygen atoms in total. The van der Waals surface area contributed by atoms with Gasteiger partial charge in [0.15, 0.2) is 5.82 Å². The molecule has 1 unspecified atom stereocenters. The Bertz CT molecular complexity index is 3250. The standard InChI is InChI=1S/C53H32N2O2S/c56-58(57)49-26-14-11-22-40(49)41-29-30-45-50(51(41)58)42-23-10-13-25-44(42)53(45)43-24-12-9-21-38(43)36-19-7-8-20-37(36)39-28-27-35(31-46(39)53)52-54-47(33-15-3-1-4-16-33)32-48(55-52)34-17-5-2-6-18-34/h1-32H. The molecule has 0 N–H and O–H groups in total. The van der Waals surface area contributed by atoms with E-state index in [1.165, 1.54) is 0 Å². The van der Waals surface area contributed by atoms with E-state index in [-0.39, 0.29) is 0 Å². The van der Waals surface area contributed by atoms with Gasteiger partial charge in [0.05, 0.1) is 26.6 Å². The predicted octanol–water partition coefficient (Wildman–Crippen LogP) is 12.3. The van der Waals surface area contributed by atoms with E-state index in [4.69, 9.17) is 9.97 Å². The average molecular weight is 761 g/mol. The average Bonchev–Trinajstić information content (AvgIpc) is 3.68. The molecule has 58 heavy (non-hydrogen) atoms. The van der Waals surface area contributed by atoms with Crippen LogP contribution in [0.15, 0.2) is 204 Å². The van der Waals surface area contributed by atoms with Crippen molar-refractivity contribution in [1.29, 1.82) is 0 Å². The number of rotatable bonds is 3. The second-order valence-electron chi connectivity index (χ2n) is 15.2. The summed E-state index contributed by atoms with van der Waals surface area (Å²) in [7, 11) is -3.84. The Morgan fingerprint density at radius 3 is 1.52 bits per heavy atom. The Labute approximate surface area is 336 Å². The van der Waals surface area contributed by atoms with E-state index in [9.17, 15) is 8.42 Å². The third kappa shape index (κ3) is 4.42. The zero-order chi connectivity index (χ0) is 38.6. The summed E-state index contributed by atoms with van der Waals surface area (Å²) in [4.78, 5) is 11.3.